The summed E-state index contributed by atoms with van der Waals surface area (Å²) in [7, 11) is 1.42. The fourth-order valence-corrected chi connectivity index (χ4v) is 3.01. The van der Waals surface area contributed by atoms with Crippen LogP contribution in [0.3, 0.4) is 0 Å². The molecule has 0 saturated heterocycles. The molecule has 3 atom stereocenters. The van der Waals surface area contributed by atoms with Gasteiger partial charge in [-0.1, -0.05) is 26.7 Å². The molecule has 2 heterocycles. The molecule has 0 radical (unpaired) electrons. The number of carbonyl (C=O) groups excluding carboxylic acids is 2. The number of hydrogen-bond acceptors (Lipinski definition) is 8. The van der Waals surface area contributed by atoms with Gasteiger partial charge in [-0.2, -0.15) is 4.98 Å². The molecule has 3 unspecified atom stereocenters. The number of pyridine rings is 1. The number of carbonyl (C=O) groups is 2. The van der Waals surface area contributed by atoms with Gasteiger partial charge >= 0.3 is 12.1 Å². The van der Waals surface area contributed by atoms with Crippen molar-refractivity contribution in [2.45, 2.75) is 64.2 Å². The van der Waals surface area contributed by atoms with Crippen LogP contribution in [0.1, 0.15) is 55.6 Å². The van der Waals surface area contributed by atoms with Crippen molar-refractivity contribution in [1.82, 2.24) is 15.3 Å². The molecule has 0 fully saturated rings. The van der Waals surface area contributed by atoms with Crippen LogP contribution in [0.5, 0.6) is 0 Å². The van der Waals surface area contributed by atoms with Crippen molar-refractivity contribution in [2.24, 2.45) is 0 Å². The van der Waals surface area contributed by atoms with Gasteiger partial charge in [-0.3, -0.25) is 9.78 Å². The minimum Gasteiger partial charge on any atom is -0.449 e. The molecule has 10 heteroatoms. The van der Waals surface area contributed by atoms with Crippen molar-refractivity contribution < 1.29 is 29.0 Å². The Hall–Kier alpha value is -2.98. The highest BCUT2D eigenvalue weighted by Crippen LogP contribution is 2.16. The van der Waals surface area contributed by atoms with E-state index >= 15 is 0 Å². The monoisotopic (exact) mass is 448 g/mol. The predicted molar refractivity (Wildman–Crippen MR) is 117 cm³/mol. The van der Waals surface area contributed by atoms with Crippen LogP contribution >= 0.6 is 0 Å². The second-order valence-electron chi connectivity index (χ2n) is 7.53. The number of rotatable bonds is 12. The van der Waals surface area contributed by atoms with E-state index in [1.807, 2.05) is 13.8 Å². The Morgan fingerprint density at radius 1 is 1.22 bits per heavy atom. The van der Waals surface area contributed by atoms with E-state index in [1.54, 1.807) is 24.5 Å². The van der Waals surface area contributed by atoms with Gasteiger partial charge in [0, 0.05) is 19.4 Å². The van der Waals surface area contributed by atoms with E-state index in [1.165, 1.54) is 7.05 Å². The molecule has 32 heavy (non-hydrogen) atoms. The van der Waals surface area contributed by atoms with Crippen LogP contribution < -0.4 is 10.2 Å². The number of anilines is 1. The Balaban J connectivity index is 2.11. The van der Waals surface area contributed by atoms with E-state index in [0.29, 0.717) is 12.8 Å². The molecule has 2 amide bonds. The normalized spacial score (nSPS) is 13.8. The highest BCUT2D eigenvalue weighted by Gasteiger charge is 2.29. The van der Waals surface area contributed by atoms with Gasteiger partial charge in [0.05, 0.1) is 18.8 Å². The van der Waals surface area contributed by atoms with Crippen LogP contribution in [0.4, 0.5) is 10.8 Å². The summed E-state index contributed by atoms with van der Waals surface area (Å²) < 4.78 is 10.3. The first-order valence-electron chi connectivity index (χ1n) is 10.8. The Kier molecular flexibility index (Phi) is 10.1. The second-order valence-corrected chi connectivity index (χ2v) is 7.53. The van der Waals surface area contributed by atoms with E-state index in [-0.39, 0.29) is 24.7 Å². The van der Waals surface area contributed by atoms with E-state index in [0.717, 1.165) is 29.6 Å². The quantitative estimate of drug-likeness (QED) is 0.450. The molecule has 0 spiro atoms. The highest BCUT2D eigenvalue weighted by atomic mass is 16.6. The van der Waals surface area contributed by atoms with E-state index in [2.05, 4.69) is 15.3 Å². The summed E-state index contributed by atoms with van der Waals surface area (Å²) in [6.07, 6.45) is 4.53. The molecule has 0 aliphatic carbocycles. The van der Waals surface area contributed by atoms with Crippen molar-refractivity contribution in [3.05, 3.63) is 42.0 Å². The zero-order valence-electron chi connectivity index (χ0n) is 18.7. The maximum atomic E-state index is 12.8. The van der Waals surface area contributed by atoms with Crippen molar-refractivity contribution in [1.29, 1.82) is 0 Å². The number of nitrogens with zero attached hydrogens (tertiary/aromatic N) is 3. The average molecular weight is 449 g/mol. The lowest BCUT2D eigenvalue weighted by molar-refractivity contribution is -0.00818. The molecule has 0 saturated carbocycles. The fourth-order valence-electron chi connectivity index (χ4n) is 3.01. The van der Waals surface area contributed by atoms with Gasteiger partial charge in [-0.05, 0) is 37.0 Å². The molecule has 10 nitrogen and oxygen atoms in total. The Bertz CT molecular complexity index is 844. The van der Waals surface area contributed by atoms with Gasteiger partial charge < -0.3 is 24.7 Å². The van der Waals surface area contributed by atoms with E-state index in [4.69, 9.17) is 9.15 Å². The Labute approximate surface area is 187 Å². The first-order valence-corrected chi connectivity index (χ1v) is 10.8. The lowest BCUT2D eigenvalue weighted by Crippen LogP contribution is -2.50. The number of amides is 2. The molecule has 2 aromatic heterocycles. The molecular formula is C22H32N4O6. The minimum absolute atomic E-state index is 0.0647. The molecule has 0 bridgehead atoms. The van der Waals surface area contributed by atoms with Gasteiger partial charge in [0.15, 0.2) is 5.69 Å². The number of aliphatic hydroxyl groups is 2. The summed E-state index contributed by atoms with van der Waals surface area (Å²) in [4.78, 5) is 33.8. The molecule has 0 aromatic carbocycles. The summed E-state index contributed by atoms with van der Waals surface area (Å²) in [6, 6.07) is 2.68. The van der Waals surface area contributed by atoms with Gasteiger partial charge in [-0.25, -0.2) is 9.69 Å². The second kappa shape index (κ2) is 12.8. The molecule has 3 N–H and O–H groups in total. The number of oxazole rings is 1. The number of hydrogen-bond donors (Lipinski definition) is 3. The van der Waals surface area contributed by atoms with Crippen LogP contribution in [0, 0.1) is 0 Å². The van der Waals surface area contributed by atoms with Crippen molar-refractivity contribution >= 4 is 18.0 Å². The van der Waals surface area contributed by atoms with Crippen LogP contribution in [0.2, 0.25) is 0 Å². The maximum Gasteiger partial charge on any atom is 0.417 e. The number of nitrogens with one attached hydrogen (secondary N) is 1. The number of unbranched alkanes of at least 4 members (excludes halogenated alkanes) is 1. The molecule has 176 valence electrons. The van der Waals surface area contributed by atoms with Crippen LogP contribution in [-0.4, -0.2) is 64.1 Å². The summed E-state index contributed by atoms with van der Waals surface area (Å²) in [6.45, 7) is 4.12. The first-order chi connectivity index (χ1) is 15.4. The fraction of sp³-hybridized carbons (Fsp3) is 0.545. The van der Waals surface area contributed by atoms with Crippen LogP contribution in [0.25, 0.3) is 0 Å². The topological polar surface area (TPSA) is 138 Å². The minimum atomic E-state index is -1.18. The largest absolute Gasteiger partial charge is 0.449 e. The van der Waals surface area contributed by atoms with Gasteiger partial charge in [-0.15, -0.1) is 0 Å². The van der Waals surface area contributed by atoms with Crippen LogP contribution in [-0.2, 0) is 11.2 Å². The lowest BCUT2D eigenvalue weighted by atomic mass is 9.95. The van der Waals surface area contributed by atoms with Gasteiger partial charge in [0.25, 0.3) is 5.91 Å². The summed E-state index contributed by atoms with van der Waals surface area (Å²) in [5.41, 5.74) is 0.774. The SMILES string of the molecule is CCCCC(O)C(O)C(Cc1ccncc1)NC(=O)c1coc(N(C)C(=O)OCCC)n1. The Morgan fingerprint density at radius 2 is 1.94 bits per heavy atom. The van der Waals surface area contributed by atoms with Crippen molar-refractivity contribution in [2.75, 3.05) is 18.6 Å². The maximum absolute atomic E-state index is 12.8. The van der Waals surface area contributed by atoms with Crippen LogP contribution in [0.15, 0.2) is 35.2 Å². The smallest absolute Gasteiger partial charge is 0.417 e. The summed E-state index contributed by atoms with van der Waals surface area (Å²) in [5.74, 6) is -0.601. The highest BCUT2D eigenvalue weighted by molar-refractivity contribution is 5.93. The standard InChI is InChI=1S/C22H32N4O6/c1-4-6-7-18(27)19(28)16(13-15-8-10-23-11-9-15)24-20(29)17-14-32-21(25-17)26(3)22(30)31-12-5-2/h8-11,14,16,18-19,27-28H,4-7,12-13H2,1-3H3,(H,24,29). The van der Waals surface area contributed by atoms with Crippen molar-refractivity contribution in [3.8, 4) is 0 Å². The summed E-state index contributed by atoms with van der Waals surface area (Å²) in [5, 5.41) is 23.8. The molecule has 0 aliphatic rings. The lowest BCUT2D eigenvalue weighted by Gasteiger charge is -2.27. The van der Waals surface area contributed by atoms with Gasteiger partial charge in [0.1, 0.15) is 12.4 Å². The van der Waals surface area contributed by atoms with E-state index < -0.39 is 30.3 Å². The number of aromatic nitrogens is 2. The van der Waals surface area contributed by atoms with Crippen molar-refractivity contribution in [3.63, 3.8) is 0 Å². The summed E-state index contributed by atoms with van der Waals surface area (Å²) >= 11 is 0. The Morgan fingerprint density at radius 3 is 2.59 bits per heavy atom. The van der Waals surface area contributed by atoms with E-state index in [9.17, 15) is 19.8 Å². The first kappa shape index (κ1) is 25.3. The number of ether oxygens (including phenoxy) is 1. The molecule has 2 rings (SSSR count). The molecule has 2 aromatic rings. The number of aliphatic hydroxyl groups excluding tert-OH is 2. The average Bonchev–Trinajstić information content (AvgIpc) is 3.30. The molecule has 0 aliphatic heterocycles. The van der Waals surface area contributed by atoms with Gasteiger partial charge in [0.2, 0.25) is 0 Å². The zero-order valence-corrected chi connectivity index (χ0v) is 18.7. The predicted octanol–water partition coefficient (Wildman–Crippen LogP) is 2.31. The zero-order chi connectivity index (χ0) is 23.5. The molecular weight excluding hydrogens is 416 g/mol. The third kappa shape index (κ3) is 7.31. The third-order valence-corrected chi connectivity index (χ3v) is 4.90. The third-order valence-electron chi connectivity index (χ3n) is 4.90.